The number of phenols is 5. The quantitative estimate of drug-likeness (QED) is 0.0658. The van der Waals surface area contributed by atoms with Gasteiger partial charge in [-0.2, -0.15) is 0 Å². The maximum atomic E-state index is 11.3. The van der Waals surface area contributed by atoms with Crippen molar-refractivity contribution >= 4 is 88.8 Å². The fraction of sp³-hybridized carbons (Fsp3) is 0.0400. The predicted octanol–water partition coefficient (Wildman–Crippen LogP) is 11.4. The molecule has 0 spiro atoms. The Morgan fingerprint density at radius 3 is 1.83 bits per heavy atom. The standard InChI is InChI=1S/C50H37N3O5/c1-5-13-29(14-6-2)51-36-17-11-10-16-33(36)34-25-27(19-21-38(34)51)28-20-22-39-35(26-28)43-41(53(39)45-46(54)48(56)50(58)49(57)47(45)55)24-23-40-42(43)31(8-4)44-30(7-3)32-15-9-12-18-37(32)52(40)44/h5-26,54-58H,1,3H2,2,4H3/b14-6-,29-13+,31-8-. The van der Waals surface area contributed by atoms with Crippen LogP contribution >= 0.6 is 0 Å². The number of phenolic OH excluding ortho intramolecular Hbond substituents is 5. The van der Waals surface area contributed by atoms with Gasteiger partial charge in [0.25, 0.3) is 0 Å². The van der Waals surface area contributed by atoms with E-state index in [0.717, 1.165) is 87.5 Å². The molecule has 0 atom stereocenters. The number of hydrogen-bond acceptors (Lipinski definition) is 5. The lowest BCUT2D eigenvalue weighted by molar-refractivity contribution is 0.327. The first-order valence-corrected chi connectivity index (χ1v) is 19.0. The summed E-state index contributed by atoms with van der Waals surface area (Å²) >= 11 is 0. The Hall–Kier alpha value is -7.84. The Morgan fingerprint density at radius 2 is 1.16 bits per heavy atom. The van der Waals surface area contributed by atoms with Gasteiger partial charge in [0.1, 0.15) is 5.69 Å². The van der Waals surface area contributed by atoms with Crippen molar-refractivity contribution in [3.8, 4) is 45.6 Å². The van der Waals surface area contributed by atoms with Crippen molar-refractivity contribution in [2.45, 2.75) is 13.8 Å². The normalized spacial score (nSPS) is 12.9. The zero-order valence-electron chi connectivity index (χ0n) is 31.7. The first-order valence-electron chi connectivity index (χ1n) is 19.0. The van der Waals surface area contributed by atoms with Gasteiger partial charge < -0.3 is 39.1 Å². The largest absolute Gasteiger partial charge is 0.503 e. The Bertz CT molecular complexity index is 3550. The zero-order chi connectivity index (χ0) is 40.1. The lowest BCUT2D eigenvalue weighted by Crippen LogP contribution is -1.99. The Balaban J connectivity index is 1.35. The van der Waals surface area contributed by atoms with Crippen molar-refractivity contribution in [1.29, 1.82) is 0 Å². The van der Waals surface area contributed by atoms with Gasteiger partial charge in [0, 0.05) is 48.8 Å². The molecule has 0 saturated carbocycles. The van der Waals surface area contributed by atoms with Gasteiger partial charge in [0.05, 0.1) is 38.6 Å². The number of aromatic hydroxyl groups is 5. The van der Waals surface area contributed by atoms with Gasteiger partial charge in [0.15, 0.2) is 11.5 Å². The van der Waals surface area contributed by atoms with Crippen molar-refractivity contribution in [3.63, 3.8) is 0 Å². The van der Waals surface area contributed by atoms with E-state index in [1.54, 1.807) is 10.6 Å². The molecule has 0 unspecified atom stereocenters. The number of benzene rings is 6. The highest BCUT2D eigenvalue weighted by Gasteiger charge is 2.29. The smallest absolute Gasteiger partial charge is 0.208 e. The monoisotopic (exact) mass is 759 g/mol. The number of allylic oxidation sites excluding steroid dienone is 5. The average molecular weight is 760 g/mol. The van der Waals surface area contributed by atoms with E-state index in [1.807, 2.05) is 80.6 Å². The minimum absolute atomic E-state index is 0.267. The van der Waals surface area contributed by atoms with E-state index in [1.165, 1.54) is 0 Å². The van der Waals surface area contributed by atoms with Crippen LogP contribution in [0.25, 0.3) is 106 Å². The second-order valence-corrected chi connectivity index (χ2v) is 14.4. The SMILES string of the molecule is C=C/C=C(\C=C/C)n1c2ccccc2c2cc(-c3ccc4c(c3)c3c5/c(=C/C)c6c(C=C)c7ccccc7n6c5ccc3n4-c3c(O)c(O)c(O)c(O)c3O)ccc21. The first kappa shape index (κ1) is 34.6. The molecule has 6 aromatic carbocycles. The van der Waals surface area contributed by atoms with Crippen LogP contribution in [0.15, 0.2) is 135 Å². The molecule has 0 amide bonds. The minimum Gasteiger partial charge on any atom is -0.503 e. The van der Waals surface area contributed by atoms with Crippen LogP contribution < -0.4 is 5.22 Å². The van der Waals surface area contributed by atoms with Gasteiger partial charge in [-0.1, -0.05) is 86.0 Å². The first-order chi connectivity index (χ1) is 28.2. The van der Waals surface area contributed by atoms with Crippen LogP contribution in [0.5, 0.6) is 28.7 Å². The van der Waals surface area contributed by atoms with Crippen molar-refractivity contribution in [1.82, 2.24) is 13.5 Å². The van der Waals surface area contributed by atoms with E-state index < -0.39 is 28.7 Å². The highest BCUT2D eigenvalue weighted by atomic mass is 16.4. The molecule has 8 heteroatoms. The number of aromatic nitrogens is 3. The van der Waals surface area contributed by atoms with E-state index in [-0.39, 0.29) is 5.69 Å². The van der Waals surface area contributed by atoms with Crippen LogP contribution in [-0.4, -0.2) is 39.1 Å². The molecule has 0 radical (unpaired) electrons. The fourth-order valence-electron chi connectivity index (χ4n) is 9.18. The van der Waals surface area contributed by atoms with E-state index in [9.17, 15) is 25.5 Å². The second-order valence-electron chi connectivity index (χ2n) is 14.4. The van der Waals surface area contributed by atoms with E-state index in [2.05, 4.69) is 82.8 Å². The van der Waals surface area contributed by atoms with Gasteiger partial charge in [-0.15, -0.1) is 0 Å². The topological polar surface area (TPSA) is 115 Å². The molecular formula is C50H37N3O5. The summed E-state index contributed by atoms with van der Waals surface area (Å²) in [5.41, 5.74) is 9.95. The molecule has 0 aliphatic carbocycles. The van der Waals surface area contributed by atoms with E-state index in [0.29, 0.717) is 11.0 Å². The number of nitrogens with zero attached hydrogens (tertiary/aromatic N) is 3. The third-order valence-corrected chi connectivity index (χ3v) is 11.5. The molecular weight excluding hydrogens is 723 g/mol. The summed E-state index contributed by atoms with van der Waals surface area (Å²) in [4.78, 5) is 0. The maximum absolute atomic E-state index is 11.3. The molecule has 10 rings (SSSR count). The number of fused-ring (bicyclic) bond motifs is 12. The number of rotatable bonds is 6. The van der Waals surface area contributed by atoms with Gasteiger partial charge in [-0.3, -0.25) is 0 Å². The molecule has 0 saturated heterocycles. The highest BCUT2D eigenvalue weighted by Crippen LogP contribution is 2.54. The molecule has 8 nitrogen and oxygen atoms in total. The van der Waals surface area contributed by atoms with Crippen LogP contribution in [0.4, 0.5) is 0 Å². The summed E-state index contributed by atoms with van der Waals surface area (Å²) in [6.45, 7) is 12.2. The van der Waals surface area contributed by atoms with Gasteiger partial charge in [0.2, 0.25) is 17.2 Å². The molecule has 0 aliphatic heterocycles. The van der Waals surface area contributed by atoms with Crippen LogP contribution in [0.2, 0.25) is 0 Å². The molecule has 58 heavy (non-hydrogen) atoms. The summed E-state index contributed by atoms with van der Waals surface area (Å²) in [6, 6.07) is 33.0. The summed E-state index contributed by atoms with van der Waals surface area (Å²) in [5, 5.41) is 61.4. The molecule has 0 bridgehead atoms. The predicted molar refractivity (Wildman–Crippen MR) is 238 cm³/mol. The van der Waals surface area contributed by atoms with Crippen LogP contribution in [-0.2, 0) is 0 Å². The Morgan fingerprint density at radius 1 is 0.569 bits per heavy atom. The van der Waals surface area contributed by atoms with Gasteiger partial charge in [-0.05, 0) is 85.7 Å². The Kier molecular flexibility index (Phi) is 7.52. The third-order valence-electron chi connectivity index (χ3n) is 11.5. The van der Waals surface area contributed by atoms with Gasteiger partial charge >= 0.3 is 0 Å². The summed E-state index contributed by atoms with van der Waals surface area (Å²) in [5.74, 6) is -4.47. The van der Waals surface area contributed by atoms with Crippen molar-refractivity contribution in [3.05, 3.63) is 145 Å². The van der Waals surface area contributed by atoms with Gasteiger partial charge in [-0.25, -0.2) is 0 Å². The molecule has 0 fully saturated rings. The third kappa shape index (κ3) is 4.45. The number of para-hydroxylation sites is 2. The maximum Gasteiger partial charge on any atom is 0.208 e. The fourth-order valence-corrected chi connectivity index (χ4v) is 9.18. The summed E-state index contributed by atoms with van der Waals surface area (Å²) < 4.78 is 6.12. The van der Waals surface area contributed by atoms with E-state index >= 15 is 0 Å². The Labute approximate surface area is 331 Å². The molecule has 5 N–H and O–H groups in total. The lowest BCUT2D eigenvalue weighted by atomic mass is 9.99. The average Bonchev–Trinajstić information content (AvgIpc) is 3.96. The second kappa shape index (κ2) is 12.6. The lowest BCUT2D eigenvalue weighted by Gasteiger charge is -2.15. The molecule has 10 aromatic rings. The van der Waals surface area contributed by atoms with Crippen LogP contribution in [0, 0.1) is 0 Å². The minimum atomic E-state index is -1.02. The van der Waals surface area contributed by atoms with Crippen molar-refractivity contribution in [2.75, 3.05) is 0 Å². The van der Waals surface area contributed by atoms with Crippen LogP contribution in [0.1, 0.15) is 19.4 Å². The number of hydrogen-bond donors (Lipinski definition) is 5. The highest BCUT2D eigenvalue weighted by molar-refractivity contribution is 6.24. The van der Waals surface area contributed by atoms with Crippen molar-refractivity contribution < 1.29 is 25.5 Å². The van der Waals surface area contributed by atoms with E-state index in [4.69, 9.17) is 0 Å². The summed E-state index contributed by atoms with van der Waals surface area (Å²) in [6.07, 6.45) is 11.9. The zero-order valence-corrected chi connectivity index (χ0v) is 31.7. The summed E-state index contributed by atoms with van der Waals surface area (Å²) in [7, 11) is 0. The molecule has 282 valence electrons. The molecule has 0 aliphatic rings. The molecule has 4 heterocycles. The van der Waals surface area contributed by atoms with Crippen molar-refractivity contribution in [2.24, 2.45) is 0 Å². The molecule has 4 aromatic heterocycles. The van der Waals surface area contributed by atoms with Crippen LogP contribution in [0.3, 0.4) is 0 Å².